The molecule has 3 aromatic rings. The van der Waals surface area contributed by atoms with Gasteiger partial charge in [-0.2, -0.15) is 0 Å². The van der Waals surface area contributed by atoms with Gasteiger partial charge in [0, 0.05) is 0 Å². The molecular weight excluding hydrogens is 414 g/mol. The van der Waals surface area contributed by atoms with Crippen molar-refractivity contribution < 1.29 is 14.3 Å². The maximum atomic E-state index is 12.8. The van der Waals surface area contributed by atoms with Crippen molar-refractivity contribution in [3.8, 4) is 5.75 Å². The van der Waals surface area contributed by atoms with E-state index in [1.807, 2.05) is 49.4 Å². The SMILES string of the molecule is Cc1cccc(C(=O)Oc2ccc(/C=C3\SC(=S)N(c4ccccc4)C3=O)cc2)c1. The Morgan fingerprint density at radius 1 is 1.00 bits per heavy atom. The number of thiocarbonyl (C=S) groups is 1. The number of ether oxygens (including phenoxy) is 1. The number of hydrogen-bond donors (Lipinski definition) is 0. The molecule has 30 heavy (non-hydrogen) atoms. The third-order valence-corrected chi connectivity index (χ3v) is 5.75. The number of anilines is 1. The molecule has 1 aliphatic rings. The Kier molecular flexibility index (Phi) is 5.79. The first-order chi connectivity index (χ1) is 14.5. The first-order valence-electron chi connectivity index (χ1n) is 9.23. The molecule has 6 heteroatoms. The van der Waals surface area contributed by atoms with E-state index >= 15 is 0 Å². The lowest BCUT2D eigenvalue weighted by atomic mass is 10.1. The van der Waals surface area contributed by atoms with Crippen LogP contribution in [0.25, 0.3) is 6.08 Å². The van der Waals surface area contributed by atoms with Gasteiger partial charge in [-0.05, 0) is 55.0 Å². The summed E-state index contributed by atoms with van der Waals surface area (Å²) in [6.45, 7) is 1.92. The van der Waals surface area contributed by atoms with E-state index in [9.17, 15) is 9.59 Å². The van der Waals surface area contributed by atoms with Crippen LogP contribution in [0.4, 0.5) is 5.69 Å². The van der Waals surface area contributed by atoms with Gasteiger partial charge in [0.2, 0.25) is 0 Å². The predicted octanol–water partition coefficient (Wildman–Crippen LogP) is 5.62. The summed E-state index contributed by atoms with van der Waals surface area (Å²) in [7, 11) is 0. The molecule has 0 unspecified atom stereocenters. The molecule has 0 spiro atoms. The Morgan fingerprint density at radius 2 is 1.73 bits per heavy atom. The highest BCUT2D eigenvalue weighted by atomic mass is 32.2. The number of carbonyl (C=O) groups is 2. The molecule has 148 valence electrons. The Labute approximate surface area is 184 Å². The molecule has 1 aliphatic heterocycles. The summed E-state index contributed by atoms with van der Waals surface area (Å²) in [6, 6.07) is 23.6. The number of thioether (sulfide) groups is 1. The Hall–Kier alpha value is -3.22. The van der Waals surface area contributed by atoms with Gasteiger partial charge in [0.15, 0.2) is 4.32 Å². The fourth-order valence-electron chi connectivity index (χ4n) is 2.99. The lowest BCUT2D eigenvalue weighted by Crippen LogP contribution is -2.27. The fourth-order valence-corrected chi connectivity index (χ4v) is 4.29. The van der Waals surface area contributed by atoms with Crippen LogP contribution in [0.1, 0.15) is 21.5 Å². The van der Waals surface area contributed by atoms with Gasteiger partial charge < -0.3 is 4.74 Å². The van der Waals surface area contributed by atoms with Crippen molar-refractivity contribution >= 4 is 51.9 Å². The maximum Gasteiger partial charge on any atom is 0.343 e. The van der Waals surface area contributed by atoms with Crippen LogP contribution in [0.2, 0.25) is 0 Å². The Bertz CT molecular complexity index is 1150. The number of esters is 1. The maximum absolute atomic E-state index is 12.8. The number of rotatable bonds is 4. The summed E-state index contributed by atoms with van der Waals surface area (Å²) < 4.78 is 5.93. The van der Waals surface area contributed by atoms with Crippen LogP contribution in [0.15, 0.2) is 83.8 Å². The minimum Gasteiger partial charge on any atom is -0.423 e. The van der Waals surface area contributed by atoms with E-state index in [0.29, 0.717) is 20.5 Å². The zero-order valence-electron chi connectivity index (χ0n) is 16.1. The Morgan fingerprint density at radius 3 is 2.43 bits per heavy atom. The second-order valence-electron chi connectivity index (χ2n) is 6.68. The van der Waals surface area contributed by atoms with Crippen LogP contribution < -0.4 is 9.64 Å². The van der Waals surface area contributed by atoms with E-state index < -0.39 is 5.97 Å². The summed E-state index contributed by atoms with van der Waals surface area (Å²) in [5, 5.41) is 0. The summed E-state index contributed by atoms with van der Waals surface area (Å²) in [5.41, 5.74) is 3.07. The average Bonchev–Trinajstić information content (AvgIpc) is 3.03. The molecule has 1 amide bonds. The Balaban J connectivity index is 1.48. The van der Waals surface area contributed by atoms with Crippen molar-refractivity contribution in [2.24, 2.45) is 0 Å². The number of nitrogens with zero attached hydrogens (tertiary/aromatic N) is 1. The fraction of sp³-hybridized carbons (Fsp3) is 0.0417. The monoisotopic (exact) mass is 431 g/mol. The first kappa shape index (κ1) is 20.1. The van der Waals surface area contributed by atoms with Crippen LogP contribution >= 0.6 is 24.0 Å². The van der Waals surface area contributed by atoms with Gasteiger partial charge in [-0.15, -0.1) is 0 Å². The van der Waals surface area contributed by atoms with Crippen molar-refractivity contribution in [3.05, 3.63) is 100 Å². The zero-order chi connectivity index (χ0) is 21.1. The van der Waals surface area contributed by atoms with Gasteiger partial charge in [-0.3, -0.25) is 9.69 Å². The number of benzene rings is 3. The third-order valence-electron chi connectivity index (χ3n) is 4.45. The topological polar surface area (TPSA) is 46.6 Å². The number of amides is 1. The van der Waals surface area contributed by atoms with E-state index in [1.165, 1.54) is 16.7 Å². The molecule has 1 saturated heterocycles. The van der Waals surface area contributed by atoms with Crippen molar-refractivity contribution in [1.82, 2.24) is 0 Å². The van der Waals surface area contributed by atoms with Crippen LogP contribution in [-0.4, -0.2) is 16.2 Å². The van der Waals surface area contributed by atoms with Gasteiger partial charge in [0.25, 0.3) is 5.91 Å². The van der Waals surface area contributed by atoms with E-state index in [4.69, 9.17) is 17.0 Å². The second kappa shape index (κ2) is 8.65. The molecule has 0 bridgehead atoms. The third kappa shape index (κ3) is 4.35. The summed E-state index contributed by atoms with van der Waals surface area (Å²) in [6.07, 6.45) is 1.79. The van der Waals surface area contributed by atoms with E-state index in [0.717, 1.165) is 16.8 Å². The summed E-state index contributed by atoms with van der Waals surface area (Å²) in [5.74, 6) is -0.114. The van der Waals surface area contributed by atoms with Crippen LogP contribution in [0, 0.1) is 6.92 Å². The lowest BCUT2D eigenvalue weighted by Gasteiger charge is -2.13. The smallest absolute Gasteiger partial charge is 0.343 e. The number of aryl methyl sites for hydroxylation is 1. The number of para-hydroxylation sites is 1. The molecule has 0 aliphatic carbocycles. The van der Waals surface area contributed by atoms with Gasteiger partial charge in [-0.25, -0.2) is 4.79 Å². The van der Waals surface area contributed by atoms with Gasteiger partial charge in [0.1, 0.15) is 5.75 Å². The van der Waals surface area contributed by atoms with Crippen LogP contribution in [-0.2, 0) is 4.79 Å². The predicted molar refractivity (Wildman–Crippen MR) is 125 cm³/mol. The number of carbonyl (C=O) groups excluding carboxylic acids is 2. The van der Waals surface area contributed by atoms with Crippen molar-refractivity contribution in [2.45, 2.75) is 6.92 Å². The summed E-state index contributed by atoms with van der Waals surface area (Å²) >= 11 is 6.65. The highest BCUT2D eigenvalue weighted by Crippen LogP contribution is 2.36. The highest BCUT2D eigenvalue weighted by molar-refractivity contribution is 8.27. The minimum absolute atomic E-state index is 0.147. The van der Waals surface area contributed by atoms with E-state index in [1.54, 1.807) is 42.5 Å². The zero-order valence-corrected chi connectivity index (χ0v) is 17.7. The van der Waals surface area contributed by atoms with Gasteiger partial charge in [-0.1, -0.05) is 72.0 Å². The quantitative estimate of drug-likeness (QED) is 0.232. The second-order valence-corrected chi connectivity index (χ2v) is 8.36. The van der Waals surface area contributed by atoms with Crippen LogP contribution in [0.5, 0.6) is 5.75 Å². The summed E-state index contributed by atoms with van der Waals surface area (Å²) in [4.78, 5) is 27.2. The molecule has 4 nitrogen and oxygen atoms in total. The van der Waals surface area contributed by atoms with E-state index in [2.05, 4.69) is 0 Å². The van der Waals surface area contributed by atoms with Crippen molar-refractivity contribution in [2.75, 3.05) is 4.90 Å². The molecule has 0 saturated carbocycles. The average molecular weight is 432 g/mol. The molecule has 1 heterocycles. The molecule has 0 radical (unpaired) electrons. The first-order valence-corrected chi connectivity index (χ1v) is 10.5. The molecule has 3 aromatic carbocycles. The molecule has 0 atom stereocenters. The van der Waals surface area contributed by atoms with Crippen LogP contribution in [0.3, 0.4) is 0 Å². The standard InChI is InChI=1S/C24H17NO3S2/c1-16-6-5-7-18(14-16)23(27)28-20-12-10-17(11-13-20)15-21-22(26)25(24(29)30-21)19-8-3-2-4-9-19/h2-15H,1H3/b21-15-. The molecule has 0 N–H and O–H groups in total. The normalized spacial score (nSPS) is 15.0. The molecular formula is C24H17NO3S2. The number of hydrogen-bond acceptors (Lipinski definition) is 5. The minimum atomic E-state index is -0.407. The molecule has 1 fully saturated rings. The van der Waals surface area contributed by atoms with Crippen molar-refractivity contribution in [3.63, 3.8) is 0 Å². The van der Waals surface area contributed by atoms with Gasteiger partial charge in [0.05, 0.1) is 16.2 Å². The molecule has 4 rings (SSSR count). The van der Waals surface area contributed by atoms with Crippen molar-refractivity contribution in [1.29, 1.82) is 0 Å². The highest BCUT2D eigenvalue weighted by Gasteiger charge is 2.33. The lowest BCUT2D eigenvalue weighted by molar-refractivity contribution is -0.113. The van der Waals surface area contributed by atoms with E-state index in [-0.39, 0.29) is 5.91 Å². The van der Waals surface area contributed by atoms with Gasteiger partial charge >= 0.3 is 5.97 Å². The molecule has 0 aromatic heterocycles. The largest absolute Gasteiger partial charge is 0.423 e.